The molecule has 0 bridgehead atoms. The fraction of sp³-hybridized carbons (Fsp3) is 0.333. The zero-order valence-electron chi connectivity index (χ0n) is 12.2. The number of rotatable bonds is 8. The molecule has 0 aromatic heterocycles. The summed E-state index contributed by atoms with van der Waals surface area (Å²) in [6, 6.07) is 19.5. The molecule has 0 aliphatic rings. The van der Waals surface area contributed by atoms with Crippen molar-refractivity contribution in [3.63, 3.8) is 0 Å². The predicted molar refractivity (Wildman–Crippen MR) is 84.9 cm³/mol. The van der Waals surface area contributed by atoms with Gasteiger partial charge in [-0.25, -0.2) is 0 Å². The molecule has 0 aliphatic heterocycles. The minimum Gasteiger partial charge on any atom is -0.396 e. The molecule has 0 radical (unpaired) electrons. The van der Waals surface area contributed by atoms with E-state index in [4.69, 9.17) is 5.11 Å². The summed E-state index contributed by atoms with van der Waals surface area (Å²) in [5.74, 6) is 0. The molecule has 0 heterocycles. The van der Waals surface area contributed by atoms with Gasteiger partial charge in [-0.2, -0.15) is 0 Å². The van der Waals surface area contributed by atoms with Gasteiger partial charge in [0.05, 0.1) is 12.1 Å². The average molecular weight is 285 g/mol. The number of aliphatic hydroxyl groups excluding tert-OH is 2. The van der Waals surface area contributed by atoms with Crippen LogP contribution in [-0.2, 0) is 0 Å². The van der Waals surface area contributed by atoms with Gasteiger partial charge in [-0.1, -0.05) is 60.7 Å². The van der Waals surface area contributed by atoms with Crippen LogP contribution >= 0.6 is 0 Å². The highest BCUT2D eigenvalue weighted by molar-refractivity contribution is 5.26. The maximum Gasteiger partial charge on any atom is 0.0984 e. The first kappa shape index (κ1) is 15.7. The number of hydrogen-bond acceptors (Lipinski definition) is 3. The Bertz CT molecular complexity index is 501. The second kappa shape index (κ2) is 8.57. The minimum atomic E-state index is -0.595. The van der Waals surface area contributed by atoms with Crippen LogP contribution in [0.4, 0.5) is 0 Å². The Morgan fingerprint density at radius 3 is 1.95 bits per heavy atom. The van der Waals surface area contributed by atoms with Crippen molar-refractivity contribution in [2.24, 2.45) is 0 Å². The molecule has 2 unspecified atom stereocenters. The molecular weight excluding hydrogens is 262 g/mol. The zero-order valence-corrected chi connectivity index (χ0v) is 12.2. The maximum atomic E-state index is 10.7. The fourth-order valence-corrected chi connectivity index (χ4v) is 2.41. The van der Waals surface area contributed by atoms with Crippen molar-refractivity contribution in [1.29, 1.82) is 0 Å². The van der Waals surface area contributed by atoms with Gasteiger partial charge in [0.25, 0.3) is 0 Å². The van der Waals surface area contributed by atoms with Crippen LogP contribution in [0.15, 0.2) is 60.7 Å². The molecule has 3 nitrogen and oxygen atoms in total. The van der Waals surface area contributed by atoms with Crippen molar-refractivity contribution < 1.29 is 10.2 Å². The van der Waals surface area contributed by atoms with Crippen molar-refractivity contribution >= 4 is 0 Å². The molecule has 0 amide bonds. The second-order valence-electron chi connectivity index (χ2n) is 5.13. The molecule has 3 N–H and O–H groups in total. The Balaban J connectivity index is 2.11. The molecule has 0 spiro atoms. The zero-order chi connectivity index (χ0) is 14.9. The van der Waals surface area contributed by atoms with E-state index in [0.29, 0.717) is 0 Å². The lowest BCUT2D eigenvalue weighted by atomic mass is 9.95. The molecule has 2 atom stereocenters. The van der Waals surface area contributed by atoms with Gasteiger partial charge in [-0.15, -0.1) is 0 Å². The molecule has 0 saturated carbocycles. The van der Waals surface area contributed by atoms with E-state index < -0.39 is 6.10 Å². The standard InChI is InChI=1S/C18H23NO2/c20-14-8-7-13-19-17(15-9-3-1-4-10-15)18(21)16-11-5-2-6-12-16/h1-6,9-12,17-21H,7-8,13-14H2. The van der Waals surface area contributed by atoms with Crippen molar-refractivity contribution in [2.45, 2.75) is 25.0 Å². The normalized spacial score (nSPS) is 13.8. The molecule has 0 aliphatic carbocycles. The van der Waals surface area contributed by atoms with Gasteiger partial charge < -0.3 is 15.5 Å². The van der Waals surface area contributed by atoms with E-state index in [-0.39, 0.29) is 12.6 Å². The second-order valence-corrected chi connectivity index (χ2v) is 5.13. The Labute approximate surface area is 126 Å². The summed E-state index contributed by atoms with van der Waals surface area (Å²) in [4.78, 5) is 0. The Kier molecular flexibility index (Phi) is 6.41. The Morgan fingerprint density at radius 2 is 1.38 bits per heavy atom. The number of hydrogen-bond donors (Lipinski definition) is 3. The SMILES string of the molecule is OCCCCNC(c1ccccc1)C(O)c1ccccc1. The molecule has 0 saturated heterocycles. The smallest absolute Gasteiger partial charge is 0.0984 e. The van der Waals surface area contributed by atoms with Gasteiger partial charge in [0, 0.05) is 6.61 Å². The molecule has 2 aromatic carbocycles. The Morgan fingerprint density at radius 1 is 0.810 bits per heavy atom. The van der Waals surface area contributed by atoms with Crippen LogP contribution in [0.3, 0.4) is 0 Å². The third-order valence-corrected chi connectivity index (χ3v) is 3.56. The highest BCUT2D eigenvalue weighted by Crippen LogP contribution is 2.28. The summed E-state index contributed by atoms with van der Waals surface area (Å²) >= 11 is 0. The molecular formula is C18H23NO2. The highest BCUT2D eigenvalue weighted by Gasteiger charge is 2.21. The monoisotopic (exact) mass is 285 g/mol. The van der Waals surface area contributed by atoms with E-state index >= 15 is 0 Å². The van der Waals surface area contributed by atoms with Crippen LogP contribution in [0.2, 0.25) is 0 Å². The van der Waals surface area contributed by atoms with E-state index in [9.17, 15) is 5.11 Å². The van der Waals surface area contributed by atoms with E-state index in [1.807, 2.05) is 60.7 Å². The highest BCUT2D eigenvalue weighted by atomic mass is 16.3. The molecule has 2 rings (SSSR count). The van der Waals surface area contributed by atoms with Crippen molar-refractivity contribution in [3.05, 3.63) is 71.8 Å². The minimum absolute atomic E-state index is 0.146. The van der Waals surface area contributed by atoms with Gasteiger partial charge in [-0.3, -0.25) is 0 Å². The number of benzene rings is 2. The molecule has 112 valence electrons. The maximum absolute atomic E-state index is 10.7. The third-order valence-electron chi connectivity index (χ3n) is 3.56. The average Bonchev–Trinajstić information content (AvgIpc) is 2.56. The molecule has 3 heteroatoms. The van der Waals surface area contributed by atoms with E-state index in [1.165, 1.54) is 0 Å². The van der Waals surface area contributed by atoms with Gasteiger partial charge in [0.1, 0.15) is 0 Å². The predicted octanol–water partition coefficient (Wildman–Crippen LogP) is 2.82. The number of aliphatic hydroxyl groups is 2. The first-order chi connectivity index (χ1) is 10.3. The van der Waals surface area contributed by atoms with E-state index in [0.717, 1.165) is 30.5 Å². The number of unbranched alkanes of at least 4 members (excludes halogenated alkanes) is 1. The first-order valence-electron chi connectivity index (χ1n) is 7.45. The van der Waals surface area contributed by atoms with Gasteiger partial charge in [0.15, 0.2) is 0 Å². The van der Waals surface area contributed by atoms with Gasteiger partial charge >= 0.3 is 0 Å². The Hall–Kier alpha value is -1.68. The lowest BCUT2D eigenvalue weighted by Gasteiger charge is -2.25. The molecule has 2 aromatic rings. The molecule has 0 fully saturated rings. The summed E-state index contributed by atoms with van der Waals surface area (Å²) in [5.41, 5.74) is 1.97. The van der Waals surface area contributed by atoms with Crippen LogP contribution in [0.5, 0.6) is 0 Å². The van der Waals surface area contributed by atoms with Gasteiger partial charge in [0.2, 0.25) is 0 Å². The van der Waals surface area contributed by atoms with Crippen LogP contribution in [0, 0.1) is 0 Å². The van der Waals surface area contributed by atoms with Crippen molar-refractivity contribution in [1.82, 2.24) is 5.32 Å². The number of nitrogens with one attached hydrogen (secondary N) is 1. The quantitative estimate of drug-likeness (QED) is 0.654. The van der Waals surface area contributed by atoms with Crippen LogP contribution < -0.4 is 5.32 Å². The lowest BCUT2D eigenvalue weighted by molar-refractivity contribution is 0.128. The largest absolute Gasteiger partial charge is 0.396 e. The third kappa shape index (κ3) is 4.67. The van der Waals surface area contributed by atoms with Crippen LogP contribution in [0.1, 0.15) is 36.1 Å². The topological polar surface area (TPSA) is 52.5 Å². The van der Waals surface area contributed by atoms with Crippen molar-refractivity contribution in [2.75, 3.05) is 13.2 Å². The molecule has 21 heavy (non-hydrogen) atoms. The first-order valence-corrected chi connectivity index (χ1v) is 7.45. The van der Waals surface area contributed by atoms with Gasteiger partial charge in [-0.05, 0) is 30.5 Å². The summed E-state index contributed by atoms with van der Waals surface area (Å²) < 4.78 is 0. The van der Waals surface area contributed by atoms with Crippen LogP contribution in [0.25, 0.3) is 0 Å². The fourth-order valence-electron chi connectivity index (χ4n) is 2.41. The summed E-state index contributed by atoms with van der Waals surface area (Å²) in [6.07, 6.45) is 1.07. The van der Waals surface area contributed by atoms with E-state index in [1.54, 1.807) is 0 Å². The summed E-state index contributed by atoms with van der Waals surface area (Å²) in [7, 11) is 0. The van der Waals surface area contributed by atoms with E-state index in [2.05, 4.69) is 5.32 Å². The summed E-state index contributed by atoms with van der Waals surface area (Å²) in [5, 5.41) is 22.9. The lowest BCUT2D eigenvalue weighted by Crippen LogP contribution is -2.28. The van der Waals surface area contributed by atoms with Crippen molar-refractivity contribution in [3.8, 4) is 0 Å². The summed E-state index contributed by atoms with van der Waals surface area (Å²) in [6.45, 7) is 0.975. The van der Waals surface area contributed by atoms with Crippen LogP contribution in [-0.4, -0.2) is 23.4 Å².